The minimum Gasteiger partial charge on any atom is -0.450 e. The normalized spacial score (nSPS) is 32.0. The van der Waals surface area contributed by atoms with Crippen molar-refractivity contribution >= 4 is 18.2 Å². The molecule has 2 amide bonds. The maximum atomic E-state index is 12.0. The number of hydrogen-bond donors (Lipinski definition) is 2. The molecule has 4 fully saturated rings. The minimum absolute atomic E-state index is 0.232. The monoisotopic (exact) mass is 628 g/mol. The fourth-order valence-electron chi connectivity index (χ4n) is 8.28. The van der Waals surface area contributed by atoms with Crippen molar-refractivity contribution < 1.29 is 19.1 Å². The van der Waals surface area contributed by atoms with Gasteiger partial charge >= 0.3 is 12.2 Å². The van der Waals surface area contributed by atoms with Crippen LogP contribution in [-0.2, 0) is 9.47 Å². The van der Waals surface area contributed by atoms with Crippen molar-refractivity contribution in [3.8, 4) is 0 Å². The number of rotatable bonds is 14. The molecule has 4 aliphatic carbocycles. The largest absolute Gasteiger partial charge is 0.450 e. The van der Waals surface area contributed by atoms with E-state index in [0.717, 1.165) is 75.0 Å². The summed E-state index contributed by atoms with van der Waals surface area (Å²) in [7, 11) is 0. The molecule has 0 spiro atoms. The van der Waals surface area contributed by atoms with E-state index in [1.807, 2.05) is 0 Å². The van der Waals surface area contributed by atoms with Crippen LogP contribution in [-0.4, -0.2) is 55.6 Å². The van der Waals surface area contributed by atoms with Gasteiger partial charge in [-0.05, 0) is 152 Å². The molecule has 0 bridgehead atoms. The summed E-state index contributed by atoms with van der Waals surface area (Å²) < 4.78 is 10.5. The highest BCUT2D eigenvalue weighted by atomic mass is 16.6. The molecule has 0 heterocycles. The SMILES string of the molecule is CCCCOC(=O)NC1CCC(CC2CCC(N=C=NC3CCC(CC4CCC(NC(=O)OCCCC)CC4)CC3)CC2)CC1. The number of unbranched alkanes of at least 4 members (excludes halogenated alkanes) is 2. The van der Waals surface area contributed by atoms with Crippen LogP contribution < -0.4 is 10.6 Å². The van der Waals surface area contributed by atoms with Crippen LogP contribution in [0.1, 0.15) is 155 Å². The Morgan fingerprint density at radius 3 is 1.22 bits per heavy atom. The zero-order valence-electron chi connectivity index (χ0n) is 28.6. The van der Waals surface area contributed by atoms with Gasteiger partial charge in [-0.3, -0.25) is 0 Å². The number of nitrogens with one attached hydrogen (secondary N) is 2. The van der Waals surface area contributed by atoms with Gasteiger partial charge in [-0.15, -0.1) is 0 Å². The van der Waals surface area contributed by atoms with Crippen molar-refractivity contribution in [2.24, 2.45) is 33.7 Å². The fraction of sp³-hybridized carbons (Fsp3) is 0.919. The van der Waals surface area contributed by atoms with Crippen molar-refractivity contribution in [2.75, 3.05) is 13.2 Å². The smallest absolute Gasteiger partial charge is 0.407 e. The summed E-state index contributed by atoms with van der Waals surface area (Å²) in [6.45, 7) is 5.27. The molecule has 8 heteroatoms. The lowest BCUT2D eigenvalue weighted by Gasteiger charge is -2.33. The molecule has 0 aromatic heterocycles. The highest BCUT2D eigenvalue weighted by molar-refractivity contribution is 5.67. The molecule has 256 valence electrons. The van der Waals surface area contributed by atoms with Gasteiger partial charge in [0.15, 0.2) is 0 Å². The third kappa shape index (κ3) is 13.7. The molecule has 0 saturated heterocycles. The number of nitrogens with zero attached hydrogens (tertiary/aromatic N) is 2. The Kier molecular flexibility index (Phi) is 16.1. The second-order valence-electron chi connectivity index (χ2n) is 14.9. The van der Waals surface area contributed by atoms with Crippen molar-refractivity contribution in [3.63, 3.8) is 0 Å². The molecule has 0 aromatic carbocycles. The van der Waals surface area contributed by atoms with Gasteiger partial charge in [-0.2, -0.15) is 0 Å². The molecule has 0 aliphatic heterocycles. The summed E-state index contributed by atoms with van der Waals surface area (Å²) in [6.07, 6.45) is 25.3. The van der Waals surface area contributed by atoms with Crippen LogP contribution >= 0.6 is 0 Å². The van der Waals surface area contributed by atoms with Gasteiger partial charge in [0.2, 0.25) is 0 Å². The van der Waals surface area contributed by atoms with E-state index in [0.29, 0.717) is 25.3 Å². The van der Waals surface area contributed by atoms with Gasteiger partial charge in [0.05, 0.1) is 31.3 Å². The van der Waals surface area contributed by atoms with Crippen LogP contribution in [0.2, 0.25) is 0 Å². The second-order valence-corrected chi connectivity index (χ2v) is 14.9. The number of carbonyl (C=O) groups is 2. The topological polar surface area (TPSA) is 101 Å². The lowest BCUT2D eigenvalue weighted by Crippen LogP contribution is -2.38. The minimum atomic E-state index is -0.232. The fourth-order valence-corrected chi connectivity index (χ4v) is 8.28. The third-order valence-corrected chi connectivity index (χ3v) is 11.2. The van der Waals surface area contributed by atoms with Crippen LogP contribution in [0.4, 0.5) is 9.59 Å². The van der Waals surface area contributed by atoms with E-state index in [1.54, 1.807) is 0 Å². The van der Waals surface area contributed by atoms with E-state index in [2.05, 4.69) is 30.5 Å². The highest BCUT2D eigenvalue weighted by Crippen LogP contribution is 2.37. The predicted molar refractivity (Wildman–Crippen MR) is 181 cm³/mol. The first kappa shape index (κ1) is 35.8. The Hall–Kier alpha value is -2.08. The highest BCUT2D eigenvalue weighted by Gasteiger charge is 2.29. The van der Waals surface area contributed by atoms with E-state index < -0.39 is 0 Å². The Labute approximate surface area is 273 Å². The second kappa shape index (κ2) is 20.2. The number of alkyl carbamates (subject to hydrolysis) is 2. The zero-order valence-corrected chi connectivity index (χ0v) is 28.6. The lowest BCUT2D eigenvalue weighted by atomic mass is 9.76. The summed E-state index contributed by atoms with van der Waals surface area (Å²) in [5.74, 6) is 3.27. The molecule has 4 saturated carbocycles. The van der Waals surface area contributed by atoms with Gasteiger partial charge in [0, 0.05) is 12.1 Å². The molecule has 8 nitrogen and oxygen atoms in total. The van der Waals surface area contributed by atoms with Crippen LogP contribution in [0.25, 0.3) is 0 Å². The van der Waals surface area contributed by atoms with E-state index >= 15 is 0 Å². The van der Waals surface area contributed by atoms with Crippen molar-refractivity contribution in [1.29, 1.82) is 0 Å². The molecule has 0 aromatic rings. The van der Waals surface area contributed by atoms with E-state index in [1.165, 1.54) is 89.9 Å². The van der Waals surface area contributed by atoms with Gasteiger partial charge in [-0.1, -0.05) is 26.7 Å². The molecule has 0 radical (unpaired) electrons. The Morgan fingerprint density at radius 1 is 0.556 bits per heavy atom. The number of carbonyl (C=O) groups excluding carboxylic acids is 2. The third-order valence-electron chi connectivity index (χ3n) is 11.2. The first-order chi connectivity index (χ1) is 22.0. The van der Waals surface area contributed by atoms with Crippen LogP contribution in [0.5, 0.6) is 0 Å². The molecule has 4 rings (SSSR count). The van der Waals surface area contributed by atoms with Crippen LogP contribution in [0.3, 0.4) is 0 Å². The number of ether oxygens (including phenoxy) is 2. The first-order valence-electron chi connectivity index (χ1n) is 19.0. The molecular formula is C37H64N4O4. The Morgan fingerprint density at radius 2 is 0.889 bits per heavy atom. The molecule has 4 aliphatic rings. The number of aliphatic imine (C=N–C) groups is 2. The molecule has 45 heavy (non-hydrogen) atoms. The van der Waals surface area contributed by atoms with Gasteiger partial charge in [0.25, 0.3) is 0 Å². The zero-order chi connectivity index (χ0) is 31.7. The number of amides is 2. The van der Waals surface area contributed by atoms with Crippen molar-refractivity contribution in [2.45, 2.75) is 179 Å². The Balaban J connectivity index is 1.02. The standard InChI is InChI=1S/C37H64N4O4/c1-3-5-23-44-36(42)40-34-19-11-30(12-20-34)25-28-7-15-32(16-8-28)38-27-39-33-17-9-29(10-18-33)26-31-13-21-35(22-14-31)41-37(43)45-24-6-4-2/h28-35H,3-26H2,1-2H3,(H,40,42)(H,41,43). The number of hydrogen-bond acceptors (Lipinski definition) is 6. The van der Waals surface area contributed by atoms with Crippen LogP contribution in [0, 0.1) is 23.7 Å². The maximum absolute atomic E-state index is 12.0. The molecular weight excluding hydrogens is 564 g/mol. The summed E-state index contributed by atoms with van der Waals surface area (Å²) in [5, 5.41) is 6.16. The summed E-state index contributed by atoms with van der Waals surface area (Å²) in [6, 6.07) is 4.54. The lowest BCUT2D eigenvalue weighted by molar-refractivity contribution is 0.133. The predicted octanol–water partition coefficient (Wildman–Crippen LogP) is 9.23. The Bertz CT molecular complexity index is 835. The average Bonchev–Trinajstić information content (AvgIpc) is 3.05. The van der Waals surface area contributed by atoms with E-state index in [-0.39, 0.29) is 24.3 Å². The van der Waals surface area contributed by atoms with Crippen molar-refractivity contribution in [1.82, 2.24) is 10.6 Å². The van der Waals surface area contributed by atoms with Gasteiger partial charge in [0.1, 0.15) is 0 Å². The maximum Gasteiger partial charge on any atom is 0.407 e. The quantitative estimate of drug-likeness (QED) is 0.148. The van der Waals surface area contributed by atoms with Gasteiger partial charge in [-0.25, -0.2) is 19.6 Å². The summed E-state index contributed by atoms with van der Waals surface area (Å²) in [5.41, 5.74) is 0. The summed E-state index contributed by atoms with van der Waals surface area (Å²) in [4.78, 5) is 33.5. The van der Waals surface area contributed by atoms with E-state index in [9.17, 15) is 9.59 Å². The van der Waals surface area contributed by atoms with Crippen molar-refractivity contribution in [3.05, 3.63) is 0 Å². The molecule has 2 N–H and O–H groups in total. The molecule has 0 unspecified atom stereocenters. The van der Waals surface area contributed by atoms with Crippen LogP contribution in [0.15, 0.2) is 9.98 Å². The first-order valence-corrected chi connectivity index (χ1v) is 19.0. The average molecular weight is 629 g/mol. The molecule has 0 atom stereocenters. The summed E-state index contributed by atoms with van der Waals surface area (Å²) >= 11 is 0. The van der Waals surface area contributed by atoms with E-state index in [4.69, 9.17) is 19.5 Å². The van der Waals surface area contributed by atoms with Gasteiger partial charge < -0.3 is 20.1 Å².